The summed E-state index contributed by atoms with van der Waals surface area (Å²) in [6.07, 6.45) is 0. The second kappa shape index (κ2) is 18.6. The normalized spacial score (nSPS) is 11.3. The fourth-order valence-electron chi connectivity index (χ4n) is 10.4. The highest BCUT2D eigenvalue weighted by molar-refractivity contribution is 7.19. The number of para-hydroxylation sites is 1. The summed E-state index contributed by atoms with van der Waals surface area (Å²) in [5.41, 5.74) is 10.0. The van der Waals surface area contributed by atoms with Gasteiger partial charge in [-0.25, -0.2) is 19.8 Å². The lowest BCUT2D eigenvalue weighted by atomic mass is 9.98. The van der Waals surface area contributed by atoms with E-state index in [9.17, 15) is 5.26 Å². The first-order valence-electron chi connectivity index (χ1n) is 23.8. The Morgan fingerprint density at radius 2 is 0.889 bits per heavy atom. The van der Waals surface area contributed by atoms with E-state index in [1.807, 2.05) is 66.7 Å². The lowest BCUT2D eigenvalue weighted by molar-refractivity contribution is 1.06. The van der Waals surface area contributed by atoms with Crippen LogP contribution in [-0.4, -0.2) is 27.6 Å². The highest BCUT2D eigenvalue weighted by Crippen LogP contribution is 2.40. The Kier molecular flexibility index (Phi) is 11.2. The van der Waals surface area contributed by atoms with Crippen molar-refractivity contribution in [1.29, 1.82) is 5.26 Å². The van der Waals surface area contributed by atoms with Crippen molar-refractivity contribution in [2.75, 3.05) is 0 Å². The summed E-state index contributed by atoms with van der Waals surface area (Å²) in [4.78, 5) is 19.4. The second-order valence-corrected chi connectivity index (χ2v) is 21.5. The Morgan fingerprint density at radius 1 is 0.389 bits per heavy atom. The summed E-state index contributed by atoms with van der Waals surface area (Å²) >= 11 is 0. The van der Waals surface area contributed by atoms with Crippen molar-refractivity contribution in [3.05, 3.63) is 272 Å². The van der Waals surface area contributed by atoms with E-state index in [-0.39, 0.29) is 0 Å². The number of hydrogen-bond acceptors (Lipinski definition) is 4. The van der Waals surface area contributed by atoms with Crippen molar-refractivity contribution < 1.29 is 0 Å². The first-order valence-corrected chi connectivity index (χ1v) is 25.8. The van der Waals surface area contributed by atoms with Gasteiger partial charge in [0.1, 0.15) is 0 Å². The van der Waals surface area contributed by atoms with Crippen LogP contribution in [0.15, 0.2) is 255 Å². The van der Waals surface area contributed by atoms with Gasteiger partial charge in [0.2, 0.25) is 0 Å². The van der Waals surface area contributed by atoms with Crippen molar-refractivity contribution in [2.45, 2.75) is 0 Å². The summed E-state index contributed by atoms with van der Waals surface area (Å²) in [7, 11) is -2.86. The van der Waals surface area contributed by atoms with E-state index in [0.717, 1.165) is 66.4 Å². The molecule has 7 heteroatoms. The third kappa shape index (κ3) is 7.64. The molecular formula is C65H42N6Si. The monoisotopic (exact) mass is 934 g/mol. The number of rotatable bonds is 10. The average molecular weight is 935 g/mol. The molecule has 12 rings (SSSR count). The van der Waals surface area contributed by atoms with Crippen LogP contribution in [0.2, 0.25) is 0 Å². The number of aromatic nitrogens is 4. The van der Waals surface area contributed by atoms with Crippen molar-refractivity contribution in [2.24, 2.45) is 0 Å². The van der Waals surface area contributed by atoms with E-state index < -0.39 is 8.07 Å². The van der Waals surface area contributed by atoms with Gasteiger partial charge < -0.3 is 4.57 Å². The zero-order chi connectivity index (χ0) is 48.4. The molecule has 2 heterocycles. The lowest BCUT2D eigenvalue weighted by Gasteiger charge is -2.34. The Bertz CT molecular complexity index is 3900. The van der Waals surface area contributed by atoms with Crippen LogP contribution in [0.3, 0.4) is 0 Å². The molecule has 0 saturated heterocycles. The predicted octanol–water partition coefficient (Wildman–Crippen LogP) is 13.1. The molecular weight excluding hydrogens is 893 g/mol. The van der Waals surface area contributed by atoms with Crippen LogP contribution in [0.25, 0.3) is 88.8 Å². The van der Waals surface area contributed by atoms with Gasteiger partial charge in [-0.1, -0.05) is 224 Å². The van der Waals surface area contributed by atoms with Crippen molar-refractivity contribution in [3.8, 4) is 68.2 Å². The van der Waals surface area contributed by atoms with E-state index >= 15 is 0 Å². The maximum Gasteiger partial charge on any atom is 0.188 e. The maximum absolute atomic E-state index is 10.3. The van der Waals surface area contributed by atoms with Gasteiger partial charge in [-0.3, -0.25) is 0 Å². The van der Waals surface area contributed by atoms with Gasteiger partial charge in [0.25, 0.3) is 0 Å². The minimum atomic E-state index is -2.86. The topological polar surface area (TPSA) is 71.8 Å². The Labute approximate surface area is 418 Å². The molecule has 2 aromatic heterocycles. The van der Waals surface area contributed by atoms with Crippen LogP contribution < -0.4 is 20.7 Å². The van der Waals surface area contributed by atoms with Crippen LogP contribution in [0, 0.1) is 17.9 Å². The highest BCUT2D eigenvalue weighted by atomic mass is 28.3. The molecule has 0 bridgehead atoms. The molecule has 10 aromatic carbocycles. The van der Waals surface area contributed by atoms with Crippen molar-refractivity contribution in [1.82, 2.24) is 19.5 Å². The van der Waals surface area contributed by atoms with E-state index in [2.05, 4.69) is 191 Å². The van der Waals surface area contributed by atoms with Gasteiger partial charge in [-0.05, 0) is 73.3 Å². The number of nitriles is 1. The molecule has 0 spiro atoms. The maximum atomic E-state index is 10.3. The number of fused-ring (bicyclic) bond motifs is 3. The largest absolute Gasteiger partial charge is 0.308 e. The van der Waals surface area contributed by atoms with Crippen LogP contribution in [0.4, 0.5) is 5.69 Å². The molecule has 0 atom stereocenters. The van der Waals surface area contributed by atoms with Crippen molar-refractivity contribution in [3.63, 3.8) is 0 Å². The first-order chi connectivity index (χ1) is 35.6. The van der Waals surface area contributed by atoms with Crippen LogP contribution in [0.1, 0.15) is 5.56 Å². The molecule has 0 fully saturated rings. The average Bonchev–Trinajstić information content (AvgIpc) is 3.79. The molecule has 0 N–H and O–H groups in total. The molecule has 72 heavy (non-hydrogen) atoms. The number of hydrogen-bond donors (Lipinski definition) is 0. The highest BCUT2D eigenvalue weighted by Gasteiger charge is 2.41. The minimum absolute atomic E-state index is 0.427. The summed E-state index contributed by atoms with van der Waals surface area (Å²) in [5.74, 6) is 1.66. The smallest absolute Gasteiger partial charge is 0.188 e. The fraction of sp³-hybridized carbons (Fsp3) is 0. The number of benzene rings is 10. The second-order valence-electron chi connectivity index (χ2n) is 17.7. The van der Waals surface area contributed by atoms with Gasteiger partial charge in [0.05, 0.1) is 29.4 Å². The number of nitrogens with zero attached hydrogens (tertiary/aromatic N) is 6. The van der Waals surface area contributed by atoms with Gasteiger partial charge in [-0.2, -0.15) is 5.26 Å². The molecule has 0 amide bonds. The van der Waals surface area contributed by atoms with Crippen molar-refractivity contribution >= 4 is 56.3 Å². The summed E-state index contributed by atoms with van der Waals surface area (Å²) in [5, 5.41) is 17.6. The van der Waals surface area contributed by atoms with Gasteiger partial charge in [0.15, 0.2) is 31.2 Å². The molecule has 6 nitrogen and oxygen atoms in total. The van der Waals surface area contributed by atoms with Gasteiger partial charge in [0, 0.05) is 33.0 Å². The molecule has 0 unspecified atom stereocenters. The van der Waals surface area contributed by atoms with E-state index in [0.29, 0.717) is 28.7 Å². The van der Waals surface area contributed by atoms with Gasteiger partial charge >= 0.3 is 0 Å². The molecule has 0 radical (unpaired) electrons. The third-order valence-electron chi connectivity index (χ3n) is 13.7. The molecule has 0 aliphatic rings. The zero-order valence-electron chi connectivity index (χ0n) is 38.9. The molecule has 0 aliphatic heterocycles. The van der Waals surface area contributed by atoms with Gasteiger partial charge in [-0.15, -0.1) is 0 Å². The van der Waals surface area contributed by atoms with E-state index in [1.54, 1.807) is 12.1 Å². The zero-order valence-corrected chi connectivity index (χ0v) is 39.9. The standard InChI is InChI=1S/C65H42N6Si/c1-67-51-36-38-56(50(40-51)44-66)49-34-37-58-57-32-17-18-33-60(57)71(62(58)43-49)61-39-35-48(42-59(61)65-69-63(45-20-7-2-8-21-45)68-64(70-65)46-22-9-3-10-23-46)47-24-19-31-55(41-47)72(52-25-11-4-12-26-52,53-27-13-5-14-28-53)54-29-15-6-16-30-54/h2-43H. The van der Waals surface area contributed by atoms with Crippen LogP contribution in [0.5, 0.6) is 0 Å². The molecule has 0 aliphatic carbocycles. The Balaban J connectivity index is 1.14. The third-order valence-corrected chi connectivity index (χ3v) is 18.4. The lowest BCUT2D eigenvalue weighted by Crippen LogP contribution is -2.74. The summed E-state index contributed by atoms with van der Waals surface area (Å²) in [6.45, 7) is 7.61. The minimum Gasteiger partial charge on any atom is -0.308 e. The van der Waals surface area contributed by atoms with E-state index in [4.69, 9.17) is 21.5 Å². The quantitative estimate of drug-likeness (QED) is 0.0778. The van der Waals surface area contributed by atoms with Crippen LogP contribution >= 0.6 is 0 Å². The predicted molar refractivity (Wildman–Crippen MR) is 296 cm³/mol. The SMILES string of the molecule is [C-]#[N+]c1ccc(-c2ccc3c4ccccc4n(-c4ccc(-c5cccc([Si](c6ccccc6)(c6ccccc6)c6ccccc6)c5)cc4-c4nc(-c5ccccc5)nc(-c5ccccc5)n4)c3c2)c(C#N)c1. The first kappa shape index (κ1) is 43.5. The Hall–Kier alpha value is -9.79. The van der Waals surface area contributed by atoms with Crippen LogP contribution in [-0.2, 0) is 0 Å². The summed E-state index contributed by atoms with van der Waals surface area (Å²) < 4.78 is 2.30. The summed E-state index contributed by atoms with van der Waals surface area (Å²) in [6, 6.07) is 91.4. The Morgan fingerprint density at radius 3 is 1.49 bits per heavy atom. The molecule has 0 saturated carbocycles. The molecule has 336 valence electrons. The fourth-order valence-corrected chi connectivity index (χ4v) is 15.2. The van der Waals surface area contributed by atoms with E-state index in [1.165, 1.54) is 20.7 Å². The molecule has 12 aromatic rings.